The van der Waals surface area contributed by atoms with Crippen LogP contribution in [0.1, 0.15) is 82.5 Å². The Kier molecular flexibility index (Phi) is 4.36. The van der Waals surface area contributed by atoms with Crippen LogP contribution < -0.4 is 0 Å². The maximum Gasteiger partial charge on any atom is 0.417 e. The van der Waals surface area contributed by atoms with E-state index in [1.807, 2.05) is 4.90 Å². The summed E-state index contributed by atoms with van der Waals surface area (Å²) in [7, 11) is 0. The van der Waals surface area contributed by atoms with Gasteiger partial charge < -0.3 is 4.90 Å². The Morgan fingerprint density at radius 3 is 2.45 bits per heavy atom. The van der Waals surface area contributed by atoms with Crippen molar-refractivity contribution >= 4 is 11.6 Å². The first-order valence-electron chi connectivity index (χ1n) is 12.2. The first-order valence-corrected chi connectivity index (χ1v) is 12.2. The van der Waals surface area contributed by atoms with E-state index in [1.165, 1.54) is 29.7 Å². The van der Waals surface area contributed by atoms with Crippen LogP contribution in [0.25, 0.3) is 5.65 Å². The van der Waals surface area contributed by atoms with Crippen molar-refractivity contribution in [3.63, 3.8) is 0 Å². The Balaban J connectivity index is 1.28. The first kappa shape index (κ1) is 21.4. The summed E-state index contributed by atoms with van der Waals surface area (Å²) in [5.74, 6) is 1.33. The van der Waals surface area contributed by atoms with Crippen LogP contribution in [0.3, 0.4) is 0 Å². The maximum atomic E-state index is 14.0. The van der Waals surface area contributed by atoms with Gasteiger partial charge in [-0.3, -0.25) is 9.20 Å². The van der Waals surface area contributed by atoms with Gasteiger partial charge in [-0.1, -0.05) is 13.8 Å². The van der Waals surface area contributed by atoms with Gasteiger partial charge in [0, 0.05) is 25.2 Å². The van der Waals surface area contributed by atoms with E-state index in [1.54, 1.807) is 0 Å². The molecule has 1 saturated heterocycles. The number of hydrogen-bond donors (Lipinski definition) is 0. The second kappa shape index (κ2) is 6.72. The summed E-state index contributed by atoms with van der Waals surface area (Å²) in [6, 6.07) is 2.40. The van der Waals surface area contributed by atoms with E-state index in [-0.39, 0.29) is 28.1 Å². The highest BCUT2D eigenvalue weighted by molar-refractivity contribution is 5.83. The molecule has 1 aliphatic heterocycles. The van der Waals surface area contributed by atoms with E-state index in [0.29, 0.717) is 23.9 Å². The number of halogens is 3. The number of carbonyl (C=O) groups excluding carboxylic acids is 1. The lowest BCUT2D eigenvalue weighted by atomic mass is 9.40. The minimum Gasteiger partial charge on any atom is -0.341 e. The Bertz CT molecular complexity index is 1110. The summed E-state index contributed by atoms with van der Waals surface area (Å²) >= 11 is 0. The maximum absolute atomic E-state index is 14.0. The zero-order valence-electron chi connectivity index (χ0n) is 19.3. The van der Waals surface area contributed by atoms with Crippen molar-refractivity contribution in [1.82, 2.24) is 19.5 Å². The van der Waals surface area contributed by atoms with Crippen LogP contribution in [-0.2, 0) is 11.0 Å². The van der Waals surface area contributed by atoms with E-state index >= 15 is 0 Å². The molecule has 8 heteroatoms. The molecule has 2 aromatic rings. The predicted octanol–water partition coefficient (Wildman–Crippen LogP) is 5.45. The summed E-state index contributed by atoms with van der Waals surface area (Å²) in [4.78, 5) is 16.0. The van der Waals surface area contributed by atoms with Gasteiger partial charge in [-0.15, -0.1) is 10.2 Å². The molecule has 7 rings (SSSR count). The number of hydrogen-bond acceptors (Lipinski definition) is 3. The van der Waals surface area contributed by atoms with Gasteiger partial charge in [0.15, 0.2) is 5.65 Å². The van der Waals surface area contributed by atoms with Crippen LogP contribution >= 0.6 is 0 Å². The Hall–Kier alpha value is -2.12. The number of carbonyl (C=O) groups is 1. The molecular formula is C25H31F3N4O. The Labute approximate surface area is 191 Å². The molecular weight excluding hydrogens is 429 g/mol. The number of rotatable bonds is 2. The molecule has 3 heterocycles. The Morgan fingerprint density at radius 1 is 1.06 bits per heavy atom. The van der Waals surface area contributed by atoms with Crippen LogP contribution in [0, 0.1) is 22.2 Å². The van der Waals surface area contributed by atoms with Gasteiger partial charge in [0.25, 0.3) is 0 Å². The van der Waals surface area contributed by atoms with Crippen molar-refractivity contribution in [2.45, 2.75) is 77.3 Å². The number of likely N-dealkylation sites (tertiary alicyclic amines) is 1. The zero-order valence-corrected chi connectivity index (χ0v) is 19.3. The van der Waals surface area contributed by atoms with Crippen LogP contribution in [0.15, 0.2) is 18.3 Å². The number of aromatic nitrogens is 3. The SMILES string of the molecule is CC12CC3CC(C)(C1)CC(C(=O)N1CCCC(c4nnc5ccc(C(F)(F)F)cn45)C1)(C3)C2. The molecule has 1 amide bonds. The fourth-order valence-electron chi connectivity index (χ4n) is 8.75. The molecule has 33 heavy (non-hydrogen) atoms. The van der Waals surface area contributed by atoms with Crippen molar-refractivity contribution in [2.75, 3.05) is 13.1 Å². The van der Waals surface area contributed by atoms with Gasteiger partial charge in [-0.2, -0.15) is 13.2 Å². The predicted molar refractivity (Wildman–Crippen MR) is 116 cm³/mol. The number of piperidine rings is 1. The number of amides is 1. The van der Waals surface area contributed by atoms with Gasteiger partial charge in [0.2, 0.25) is 5.91 Å². The standard InChI is InChI=1S/C25H31F3N4O/c1-22-8-16-9-23(2,13-22)15-24(10-16,14-22)21(33)31-7-3-4-17(11-31)20-30-29-19-6-5-18(12-32(19)20)25(26,27)28/h5-6,12,16-17H,3-4,7-11,13-15H2,1-2H3. The summed E-state index contributed by atoms with van der Waals surface area (Å²) in [6.07, 6.45) is 4.97. The third-order valence-corrected chi connectivity index (χ3v) is 8.91. The zero-order chi connectivity index (χ0) is 23.2. The summed E-state index contributed by atoms with van der Waals surface area (Å²) in [5.41, 5.74) is -0.0496. The number of alkyl halides is 3. The molecule has 4 bridgehead atoms. The minimum atomic E-state index is -4.42. The van der Waals surface area contributed by atoms with Crippen molar-refractivity contribution in [3.8, 4) is 0 Å². The molecule has 2 aromatic heterocycles. The lowest BCUT2D eigenvalue weighted by molar-refractivity contribution is -0.180. The lowest BCUT2D eigenvalue weighted by Crippen LogP contribution is -2.61. The summed E-state index contributed by atoms with van der Waals surface area (Å²) < 4.78 is 41.3. The van der Waals surface area contributed by atoms with Gasteiger partial charge >= 0.3 is 6.18 Å². The van der Waals surface area contributed by atoms with Crippen LogP contribution in [-0.4, -0.2) is 38.5 Å². The van der Waals surface area contributed by atoms with E-state index in [4.69, 9.17) is 0 Å². The first-order chi connectivity index (χ1) is 15.5. The third-order valence-electron chi connectivity index (χ3n) is 8.91. The second-order valence-corrected chi connectivity index (χ2v) is 12.2. The third kappa shape index (κ3) is 3.38. The molecule has 5 aliphatic rings. The number of pyridine rings is 1. The molecule has 4 aliphatic carbocycles. The summed E-state index contributed by atoms with van der Waals surface area (Å²) in [5, 5.41) is 8.36. The topological polar surface area (TPSA) is 50.5 Å². The highest BCUT2D eigenvalue weighted by Crippen LogP contribution is 2.70. The smallest absolute Gasteiger partial charge is 0.341 e. The monoisotopic (exact) mass is 460 g/mol. The average Bonchev–Trinajstić information content (AvgIpc) is 3.13. The summed E-state index contributed by atoms with van der Waals surface area (Å²) in [6.45, 7) is 5.98. The van der Waals surface area contributed by atoms with E-state index in [9.17, 15) is 18.0 Å². The molecule has 0 radical (unpaired) electrons. The quantitative estimate of drug-likeness (QED) is 0.599. The molecule has 3 unspecified atom stereocenters. The van der Waals surface area contributed by atoms with Crippen LogP contribution in [0.4, 0.5) is 13.2 Å². The largest absolute Gasteiger partial charge is 0.417 e. The molecule has 4 saturated carbocycles. The van der Waals surface area contributed by atoms with Crippen LogP contribution in [0.5, 0.6) is 0 Å². The van der Waals surface area contributed by atoms with E-state index in [0.717, 1.165) is 50.9 Å². The fraction of sp³-hybridized carbons (Fsp3) is 0.720. The molecule has 5 nitrogen and oxygen atoms in total. The molecule has 0 aromatic carbocycles. The number of fused-ring (bicyclic) bond motifs is 1. The lowest BCUT2D eigenvalue weighted by Gasteiger charge is -2.65. The van der Waals surface area contributed by atoms with Gasteiger partial charge in [-0.25, -0.2) is 0 Å². The second-order valence-electron chi connectivity index (χ2n) is 12.2. The van der Waals surface area contributed by atoms with Crippen molar-refractivity contribution in [1.29, 1.82) is 0 Å². The number of nitrogens with zero attached hydrogens (tertiary/aromatic N) is 4. The van der Waals surface area contributed by atoms with E-state index in [2.05, 4.69) is 24.0 Å². The average molecular weight is 461 g/mol. The molecule has 0 N–H and O–H groups in total. The molecule has 3 atom stereocenters. The molecule has 0 spiro atoms. The fourth-order valence-corrected chi connectivity index (χ4v) is 8.75. The van der Waals surface area contributed by atoms with Crippen molar-refractivity contribution < 1.29 is 18.0 Å². The van der Waals surface area contributed by atoms with Crippen molar-refractivity contribution in [3.05, 3.63) is 29.7 Å². The van der Waals surface area contributed by atoms with Gasteiger partial charge in [-0.05, 0) is 80.2 Å². The van der Waals surface area contributed by atoms with E-state index < -0.39 is 11.7 Å². The highest BCUT2D eigenvalue weighted by atomic mass is 19.4. The minimum absolute atomic E-state index is 0.110. The molecule has 5 fully saturated rings. The van der Waals surface area contributed by atoms with Gasteiger partial charge in [0.05, 0.1) is 11.0 Å². The van der Waals surface area contributed by atoms with Crippen molar-refractivity contribution in [2.24, 2.45) is 22.2 Å². The van der Waals surface area contributed by atoms with Crippen LogP contribution in [0.2, 0.25) is 0 Å². The highest BCUT2D eigenvalue weighted by Gasteiger charge is 2.63. The normalized spacial score (nSPS) is 38.3. The van der Waals surface area contributed by atoms with Gasteiger partial charge in [0.1, 0.15) is 5.82 Å². The molecule has 178 valence electrons. The Morgan fingerprint density at radius 2 is 1.79 bits per heavy atom.